The first-order chi connectivity index (χ1) is 12.1. The molecule has 2 aromatic carbocycles. The van der Waals surface area contributed by atoms with E-state index in [1.807, 2.05) is 49.4 Å². The van der Waals surface area contributed by atoms with Crippen molar-refractivity contribution in [3.63, 3.8) is 0 Å². The van der Waals surface area contributed by atoms with Crippen LogP contribution in [0.5, 0.6) is 0 Å². The third-order valence-corrected chi connectivity index (χ3v) is 5.16. The van der Waals surface area contributed by atoms with E-state index in [9.17, 15) is 5.11 Å². The van der Waals surface area contributed by atoms with Gasteiger partial charge in [-0.1, -0.05) is 35.9 Å². The number of ether oxygens (including phenoxy) is 1. The van der Waals surface area contributed by atoms with Gasteiger partial charge in [-0.2, -0.15) is 0 Å². The van der Waals surface area contributed by atoms with E-state index in [0.717, 1.165) is 16.1 Å². The summed E-state index contributed by atoms with van der Waals surface area (Å²) in [5.74, 6) is 0. The van der Waals surface area contributed by atoms with Crippen LogP contribution in [0.25, 0.3) is 10.2 Å². The summed E-state index contributed by atoms with van der Waals surface area (Å²) in [6.07, 6.45) is -0.652. The van der Waals surface area contributed by atoms with Crippen LogP contribution in [-0.4, -0.2) is 29.3 Å². The molecule has 0 aliphatic heterocycles. The van der Waals surface area contributed by atoms with Gasteiger partial charge in [-0.25, -0.2) is 4.98 Å². The van der Waals surface area contributed by atoms with Crippen molar-refractivity contribution in [1.29, 1.82) is 0 Å². The Bertz CT molecular complexity index is 774. The van der Waals surface area contributed by atoms with Gasteiger partial charge in [-0.3, -0.25) is 0 Å². The molecule has 1 heterocycles. The Kier molecular flexibility index (Phi) is 6.39. The Morgan fingerprint density at radius 2 is 1.96 bits per heavy atom. The Hall–Kier alpha value is -1.50. The van der Waals surface area contributed by atoms with Crippen molar-refractivity contribution < 1.29 is 9.84 Å². The molecule has 0 radical (unpaired) electrons. The first kappa shape index (κ1) is 18.3. The van der Waals surface area contributed by atoms with Crippen LogP contribution in [0.4, 0.5) is 0 Å². The van der Waals surface area contributed by atoms with Crippen molar-refractivity contribution in [3.8, 4) is 0 Å². The van der Waals surface area contributed by atoms with E-state index in [1.165, 1.54) is 4.70 Å². The minimum Gasteiger partial charge on any atom is -0.389 e. The molecule has 0 saturated heterocycles. The number of hydrogen-bond acceptors (Lipinski definition) is 5. The summed E-state index contributed by atoms with van der Waals surface area (Å²) in [5, 5.41) is 15.0. The molecule has 3 rings (SSSR count). The Morgan fingerprint density at radius 1 is 1.20 bits per heavy atom. The van der Waals surface area contributed by atoms with E-state index in [2.05, 4.69) is 16.4 Å². The maximum atomic E-state index is 10.1. The number of rotatable bonds is 8. The van der Waals surface area contributed by atoms with E-state index >= 15 is 0 Å². The van der Waals surface area contributed by atoms with E-state index < -0.39 is 6.10 Å². The van der Waals surface area contributed by atoms with Crippen molar-refractivity contribution in [2.45, 2.75) is 25.7 Å². The van der Waals surface area contributed by atoms with Crippen LogP contribution in [0.3, 0.4) is 0 Å². The molecule has 0 bridgehead atoms. The molecular formula is C19H21ClN2O2S. The fourth-order valence-corrected chi connectivity index (χ4v) is 3.55. The zero-order valence-corrected chi connectivity index (χ0v) is 15.6. The van der Waals surface area contributed by atoms with Gasteiger partial charge in [-0.15, -0.1) is 11.3 Å². The first-order valence-electron chi connectivity index (χ1n) is 8.22. The topological polar surface area (TPSA) is 54.4 Å². The standard InChI is InChI=1S/C19H21ClN2O2S/c1-13(14-6-8-15(20)9-7-14)24-12-16(23)10-21-11-19-22-17-4-2-3-5-18(17)25-19/h2-9,13,16,21,23H,10-12H2,1H3/t13-,16+/m0/s1. The van der Waals surface area contributed by atoms with E-state index in [4.69, 9.17) is 16.3 Å². The van der Waals surface area contributed by atoms with Crippen molar-refractivity contribution in [2.24, 2.45) is 0 Å². The number of hydrogen-bond donors (Lipinski definition) is 2. The quantitative estimate of drug-likeness (QED) is 0.619. The number of nitrogens with zero attached hydrogens (tertiary/aromatic N) is 1. The Morgan fingerprint density at radius 3 is 2.72 bits per heavy atom. The number of thiazole rings is 1. The van der Waals surface area contributed by atoms with Crippen LogP contribution in [-0.2, 0) is 11.3 Å². The smallest absolute Gasteiger partial charge is 0.108 e. The number of benzene rings is 2. The van der Waals surface area contributed by atoms with Crippen molar-refractivity contribution >= 4 is 33.2 Å². The average Bonchev–Trinajstić information content (AvgIpc) is 3.03. The second kappa shape index (κ2) is 8.74. The molecule has 25 heavy (non-hydrogen) atoms. The third-order valence-electron chi connectivity index (χ3n) is 3.87. The fourth-order valence-electron chi connectivity index (χ4n) is 2.49. The monoisotopic (exact) mass is 376 g/mol. The molecular weight excluding hydrogens is 356 g/mol. The van der Waals surface area contributed by atoms with Crippen molar-refractivity contribution in [1.82, 2.24) is 10.3 Å². The number of halogens is 1. The van der Waals surface area contributed by atoms with Crippen LogP contribution >= 0.6 is 22.9 Å². The summed E-state index contributed by atoms with van der Waals surface area (Å²) in [4.78, 5) is 4.56. The molecule has 3 aromatic rings. The molecule has 0 unspecified atom stereocenters. The first-order valence-corrected chi connectivity index (χ1v) is 9.41. The summed E-state index contributed by atoms with van der Waals surface area (Å²) in [6, 6.07) is 15.6. The highest BCUT2D eigenvalue weighted by atomic mass is 35.5. The largest absolute Gasteiger partial charge is 0.389 e. The van der Waals surface area contributed by atoms with Gasteiger partial charge >= 0.3 is 0 Å². The van der Waals surface area contributed by atoms with Gasteiger partial charge in [0, 0.05) is 18.1 Å². The molecule has 0 saturated carbocycles. The highest BCUT2D eigenvalue weighted by molar-refractivity contribution is 7.18. The number of para-hydroxylation sites is 1. The van der Waals surface area contributed by atoms with Gasteiger partial charge in [0.05, 0.1) is 29.0 Å². The second-order valence-electron chi connectivity index (χ2n) is 5.89. The molecule has 1 aromatic heterocycles. The maximum absolute atomic E-state index is 10.1. The number of fused-ring (bicyclic) bond motifs is 1. The SMILES string of the molecule is C[C@H](OC[C@H](O)CNCc1nc2ccccc2s1)c1ccc(Cl)cc1. The number of aliphatic hydroxyl groups excluding tert-OH is 1. The predicted octanol–water partition coefficient (Wildman–Crippen LogP) is 4.18. The van der Waals surface area contributed by atoms with Gasteiger partial charge in [0.2, 0.25) is 0 Å². The lowest BCUT2D eigenvalue weighted by atomic mass is 10.1. The fraction of sp³-hybridized carbons (Fsp3) is 0.316. The van der Waals surface area contributed by atoms with E-state index in [-0.39, 0.29) is 12.7 Å². The lowest BCUT2D eigenvalue weighted by Gasteiger charge is -2.17. The third kappa shape index (κ3) is 5.23. The second-order valence-corrected chi connectivity index (χ2v) is 7.44. The molecule has 2 N–H and O–H groups in total. The Balaban J connectivity index is 1.40. The van der Waals surface area contributed by atoms with E-state index in [1.54, 1.807) is 11.3 Å². The molecule has 4 nitrogen and oxygen atoms in total. The predicted molar refractivity (Wildman–Crippen MR) is 103 cm³/mol. The summed E-state index contributed by atoms with van der Waals surface area (Å²) in [5.41, 5.74) is 2.06. The van der Waals surface area contributed by atoms with Crippen molar-refractivity contribution in [3.05, 3.63) is 64.1 Å². The molecule has 132 valence electrons. The molecule has 0 aliphatic carbocycles. The highest BCUT2D eigenvalue weighted by Crippen LogP contribution is 2.21. The summed E-state index contributed by atoms with van der Waals surface area (Å²) in [7, 11) is 0. The maximum Gasteiger partial charge on any atom is 0.108 e. The number of aromatic nitrogens is 1. The van der Waals surface area contributed by atoms with Gasteiger partial charge in [0.15, 0.2) is 0 Å². The molecule has 0 amide bonds. The normalized spacial score (nSPS) is 13.9. The summed E-state index contributed by atoms with van der Waals surface area (Å²) in [6.45, 7) is 3.34. The number of aliphatic hydroxyl groups is 1. The zero-order valence-electron chi connectivity index (χ0n) is 14.0. The molecule has 2 atom stereocenters. The van der Waals surface area contributed by atoms with Gasteiger partial charge in [0.1, 0.15) is 5.01 Å². The molecule has 6 heteroatoms. The minimum atomic E-state index is -0.566. The van der Waals surface area contributed by atoms with Crippen LogP contribution in [0.1, 0.15) is 23.6 Å². The zero-order chi connectivity index (χ0) is 17.6. The summed E-state index contributed by atoms with van der Waals surface area (Å²) >= 11 is 7.55. The van der Waals surface area contributed by atoms with Gasteiger partial charge < -0.3 is 15.2 Å². The molecule has 0 fully saturated rings. The average molecular weight is 377 g/mol. The lowest BCUT2D eigenvalue weighted by molar-refractivity contribution is -0.00212. The number of nitrogens with one attached hydrogen (secondary N) is 1. The lowest BCUT2D eigenvalue weighted by Crippen LogP contribution is -2.30. The molecule has 0 spiro atoms. The van der Waals surface area contributed by atoms with Crippen LogP contribution < -0.4 is 5.32 Å². The van der Waals surface area contributed by atoms with E-state index in [0.29, 0.717) is 18.1 Å². The summed E-state index contributed by atoms with van der Waals surface area (Å²) < 4.78 is 6.91. The Labute approximate surface area is 156 Å². The van der Waals surface area contributed by atoms with Gasteiger partial charge in [0.25, 0.3) is 0 Å². The minimum absolute atomic E-state index is 0.0869. The van der Waals surface area contributed by atoms with Crippen LogP contribution in [0.15, 0.2) is 48.5 Å². The van der Waals surface area contributed by atoms with Crippen LogP contribution in [0, 0.1) is 0 Å². The molecule has 0 aliphatic rings. The van der Waals surface area contributed by atoms with Crippen molar-refractivity contribution in [2.75, 3.05) is 13.2 Å². The van der Waals surface area contributed by atoms with Gasteiger partial charge in [-0.05, 0) is 36.8 Å². The van der Waals surface area contributed by atoms with Crippen LogP contribution in [0.2, 0.25) is 5.02 Å². The highest BCUT2D eigenvalue weighted by Gasteiger charge is 2.10.